The average Bonchev–Trinajstić information content (AvgIpc) is 2.57. The van der Waals surface area contributed by atoms with E-state index in [0.29, 0.717) is 11.3 Å². The molecule has 2 atom stereocenters. The predicted molar refractivity (Wildman–Crippen MR) is 87.5 cm³/mol. The molecule has 2 aromatic rings. The topological polar surface area (TPSA) is 90.0 Å². The van der Waals surface area contributed by atoms with E-state index in [1.54, 1.807) is 36.7 Å². The molecule has 1 fully saturated rings. The van der Waals surface area contributed by atoms with Crippen LogP contribution in [0.2, 0.25) is 0 Å². The molecule has 1 aromatic heterocycles. The minimum atomic E-state index is -0.210. The van der Waals surface area contributed by atoms with Gasteiger partial charge in [-0.05, 0) is 37.1 Å². The minimum Gasteiger partial charge on any atom is -0.348 e. The number of hydrogen-bond donors (Lipinski definition) is 2. The monoisotopic (exact) mass is 312 g/mol. The molecule has 1 aliphatic rings. The molecular weight excluding hydrogens is 292 g/mol. The Hall–Kier alpha value is -2.47. The van der Waals surface area contributed by atoms with Crippen LogP contribution in [0.1, 0.15) is 36.0 Å². The van der Waals surface area contributed by atoms with E-state index >= 15 is 0 Å². The highest BCUT2D eigenvalue weighted by Crippen LogP contribution is 2.17. The molecular formula is C17H20N4O2. The molecule has 0 spiro atoms. The van der Waals surface area contributed by atoms with Crippen molar-refractivity contribution in [2.45, 2.75) is 37.8 Å². The highest BCUT2D eigenvalue weighted by atomic mass is 16.1. The van der Waals surface area contributed by atoms with Crippen molar-refractivity contribution >= 4 is 5.91 Å². The van der Waals surface area contributed by atoms with Crippen molar-refractivity contribution in [3.63, 3.8) is 0 Å². The van der Waals surface area contributed by atoms with Gasteiger partial charge >= 0.3 is 0 Å². The Balaban J connectivity index is 1.73. The number of nitrogens with one attached hydrogen (secondary N) is 1. The number of rotatable bonds is 3. The van der Waals surface area contributed by atoms with Crippen LogP contribution >= 0.6 is 0 Å². The lowest BCUT2D eigenvalue weighted by Crippen LogP contribution is -2.49. The van der Waals surface area contributed by atoms with Crippen molar-refractivity contribution in [1.29, 1.82) is 0 Å². The van der Waals surface area contributed by atoms with Crippen molar-refractivity contribution in [2.75, 3.05) is 0 Å². The maximum atomic E-state index is 12.3. The quantitative estimate of drug-likeness (QED) is 0.892. The number of nitrogens with two attached hydrogens (primary N) is 1. The molecule has 6 heteroatoms. The summed E-state index contributed by atoms with van der Waals surface area (Å²) in [5.41, 5.74) is 7.11. The summed E-state index contributed by atoms with van der Waals surface area (Å²) in [5.74, 6) is -0.124. The zero-order chi connectivity index (χ0) is 16.2. The van der Waals surface area contributed by atoms with Gasteiger partial charge in [0.05, 0.1) is 6.20 Å². The summed E-state index contributed by atoms with van der Waals surface area (Å²) in [4.78, 5) is 27.9. The van der Waals surface area contributed by atoms with Gasteiger partial charge in [-0.3, -0.25) is 19.1 Å². The van der Waals surface area contributed by atoms with Gasteiger partial charge in [0.25, 0.3) is 11.5 Å². The molecule has 1 amide bonds. The molecule has 6 nitrogen and oxygen atoms in total. The maximum absolute atomic E-state index is 12.3. The van der Waals surface area contributed by atoms with Gasteiger partial charge in [0.1, 0.15) is 0 Å². The van der Waals surface area contributed by atoms with Gasteiger partial charge in [-0.25, -0.2) is 0 Å². The summed E-state index contributed by atoms with van der Waals surface area (Å²) < 4.78 is 1.48. The Labute approximate surface area is 134 Å². The largest absolute Gasteiger partial charge is 0.348 e. The van der Waals surface area contributed by atoms with E-state index in [-0.39, 0.29) is 23.6 Å². The fourth-order valence-electron chi connectivity index (χ4n) is 2.92. The zero-order valence-electron chi connectivity index (χ0n) is 12.8. The van der Waals surface area contributed by atoms with Gasteiger partial charge in [0.15, 0.2) is 0 Å². The lowest BCUT2D eigenvalue weighted by molar-refractivity contribution is 0.0921. The molecule has 1 aliphatic carbocycles. The number of hydrogen-bond acceptors (Lipinski definition) is 4. The molecule has 23 heavy (non-hydrogen) atoms. The van der Waals surface area contributed by atoms with Crippen molar-refractivity contribution in [1.82, 2.24) is 14.9 Å². The first-order valence-corrected chi connectivity index (χ1v) is 7.85. The fraction of sp³-hybridized carbons (Fsp3) is 0.353. The number of aromatic nitrogens is 2. The molecule has 1 heterocycles. The molecule has 0 aliphatic heterocycles. The van der Waals surface area contributed by atoms with Gasteiger partial charge < -0.3 is 11.1 Å². The normalized spacial score (nSPS) is 20.9. The molecule has 0 radical (unpaired) electrons. The van der Waals surface area contributed by atoms with Gasteiger partial charge in [0, 0.05) is 35.7 Å². The Morgan fingerprint density at radius 1 is 1.22 bits per heavy atom. The molecule has 120 valence electrons. The molecule has 0 saturated heterocycles. The summed E-state index contributed by atoms with van der Waals surface area (Å²) in [6.07, 6.45) is 8.51. The van der Waals surface area contributed by atoms with Crippen LogP contribution in [0, 0.1) is 0 Å². The van der Waals surface area contributed by atoms with E-state index in [2.05, 4.69) is 10.3 Å². The summed E-state index contributed by atoms with van der Waals surface area (Å²) in [6.45, 7) is 0. The highest BCUT2D eigenvalue weighted by Gasteiger charge is 2.23. The molecule has 1 aromatic carbocycles. The van der Waals surface area contributed by atoms with Crippen LogP contribution in [0.3, 0.4) is 0 Å². The van der Waals surface area contributed by atoms with Crippen molar-refractivity contribution in [2.24, 2.45) is 5.73 Å². The SMILES string of the molecule is NC1CCCCC1NC(=O)c1ccc(-n2ccncc2=O)cc1. The fourth-order valence-corrected chi connectivity index (χ4v) is 2.92. The Kier molecular flexibility index (Phi) is 4.52. The number of amides is 1. The third kappa shape index (κ3) is 3.48. The van der Waals surface area contributed by atoms with Crippen LogP contribution in [0.4, 0.5) is 0 Å². The van der Waals surface area contributed by atoms with E-state index in [9.17, 15) is 9.59 Å². The number of nitrogens with zero attached hydrogens (tertiary/aromatic N) is 2. The van der Waals surface area contributed by atoms with Crippen LogP contribution in [0.15, 0.2) is 47.7 Å². The smallest absolute Gasteiger partial charge is 0.273 e. The van der Waals surface area contributed by atoms with Crippen LogP contribution in [-0.4, -0.2) is 27.5 Å². The van der Waals surface area contributed by atoms with Gasteiger partial charge in [-0.2, -0.15) is 0 Å². The van der Waals surface area contributed by atoms with E-state index in [0.717, 1.165) is 25.7 Å². The van der Waals surface area contributed by atoms with E-state index in [1.807, 2.05) is 0 Å². The second-order valence-corrected chi connectivity index (χ2v) is 5.86. The lowest BCUT2D eigenvalue weighted by atomic mass is 9.91. The average molecular weight is 312 g/mol. The predicted octanol–water partition coefficient (Wildman–Crippen LogP) is 1.23. The second-order valence-electron chi connectivity index (χ2n) is 5.86. The lowest BCUT2D eigenvalue weighted by Gasteiger charge is -2.29. The van der Waals surface area contributed by atoms with E-state index < -0.39 is 0 Å². The van der Waals surface area contributed by atoms with E-state index in [4.69, 9.17) is 5.73 Å². The molecule has 3 N–H and O–H groups in total. The van der Waals surface area contributed by atoms with Crippen molar-refractivity contribution in [3.05, 3.63) is 58.8 Å². The summed E-state index contributed by atoms with van der Waals surface area (Å²) in [6, 6.07) is 6.99. The Bertz CT molecular complexity index is 739. The van der Waals surface area contributed by atoms with Crippen LogP contribution in [0.25, 0.3) is 5.69 Å². The number of carbonyl (C=O) groups excluding carboxylic acids is 1. The third-order valence-electron chi connectivity index (χ3n) is 4.27. The number of carbonyl (C=O) groups is 1. The molecule has 0 bridgehead atoms. The maximum Gasteiger partial charge on any atom is 0.273 e. The van der Waals surface area contributed by atoms with Crippen LogP contribution < -0.4 is 16.6 Å². The zero-order valence-corrected chi connectivity index (χ0v) is 12.8. The van der Waals surface area contributed by atoms with Gasteiger partial charge in [-0.1, -0.05) is 12.8 Å². The number of benzene rings is 1. The second kappa shape index (κ2) is 6.75. The first-order chi connectivity index (χ1) is 11.1. The third-order valence-corrected chi connectivity index (χ3v) is 4.27. The van der Waals surface area contributed by atoms with E-state index in [1.165, 1.54) is 10.8 Å². The summed E-state index contributed by atoms with van der Waals surface area (Å²) in [5, 5.41) is 3.01. The van der Waals surface area contributed by atoms with Gasteiger partial charge in [-0.15, -0.1) is 0 Å². The first kappa shape index (κ1) is 15.4. The summed E-state index contributed by atoms with van der Waals surface area (Å²) >= 11 is 0. The van der Waals surface area contributed by atoms with Crippen LogP contribution in [-0.2, 0) is 0 Å². The van der Waals surface area contributed by atoms with Crippen molar-refractivity contribution in [3.8, 4) is 5.69 Å². The Morgan fingerprint density at radius 2 is 1.96 bits per heavy atom. The molecule has 3 rings (SSSR count). The standard InChI is InChI=1S/C17H20N4O2/c18-14-3-1-2-4-15(14)20-17(23)12-5-7-13(8-6-12)21-10-9-19-11-16(21)22/h5-11,14-15H,1-4,18H2,(H,20,23). The van der Waals surface area contributed by atoms with Crippen LogP contribution in [0.5, 0.6) is 0 Å². The van der Waals surface area contributed by atoms with Crippen molar-refractivity contribution < 1.29 is 4.79 Å². The Morgan fingerprint density at radius 3 is 2.65 bits per heavy atom. The molecule has 2 unspecified atom stereocenters. The minimum absolute atomic E-state index is 0.0300. The van der Waals surface area contributed by atoms with Gasteiger partial charge in [0.2, 0.25) is 0 Å². The summed E-state index contributed by atoms with van der Waals surface area (Å²) in [7, 11) is 0. The highest BCUT2D eigenvalue weighted by molar-refractivity contribution is 5.94. The molecule has 1 saturated carbocycles. The first-order valence-electron chi connectivity index (χ1n) is 7.85.